The summed E-state index contributed by atoms with van der Waals surface area (Å²) in [6.07, 6.45) is 3.03. The van der Waals surface area contributed by atoms with Crippen molar-refractivity contribution < 1.29 is 4.79 Å². The van der Waals surface area contributed by atoms with Crippen LogP contribution in [0.25, 0.3) is 6.08 Å². The molecule has 4 heteroatoms. The Morgan fingerprint density at radius 2 is 2.18 bits per heavy atom. The first-order valence-corrected chi connectivity index (χ1v) is 5.51. The molecule has 1 aromatic heterocycles. The molecule has 88 valence electrons. The molecule has 17 heavy (non-hydrogen) atoms. The number of rotatable bonds is 2. The minimum Gasteiger partial charge on any atom is -0.293 e. The summed E-state index contributed by atoms with van der Waals surface area (Å²) in [6.45, 7) is 5.31. The summed E-state index contributed by atoms with van der Waals surface area (Å²) in [4.78, 5) is 15.8. The number of aromatic nitrogens is 1. The van der Waals surface area contributed by atoms with Gasteiger partial charge in [0.25, 0.3) is 0 Å². The maximum Gasteiger partial charge on any atom is 0.178 e. The highest BCUT2D eigenvalue weighted by molar-refractivity contribution is 6.31. The van der Waals surface area contributed by atoms with Gasteiger partial charge in [0.05, 0.1) is 5.57 Å². The number of hydrogen-bond acceptors (Lipinski definition) is 3. The Hall–Kier alpha value is -1.66. The first-order chi connectivity index (χ1) is 7.86. The van der Waals surface area contributed by atoms with E-state index in [2.05, 4.69) is 4.98 Å². The number of carbonyl (C=O) groups excluding carboxylic acids is 1. The Balaban J connectivity index is 3.18. The highest BCUT2D eigenvalue weighted by Crippen LogP contribution is 2.22. The Kier molecular flexibility index (Phi) is 4.03. The quantitative estimate of drug-likeness (QED) is 0.459. The topological polar surface area (TPSA) is 53.8 Å². The summed E-state index contributed by atoms with van der Waals surface area (Å²) in [6, 6.07) is 5.32. The lowest BCUT2D eigenvalue weighted by Gasteiger charge is -2.15. The van der Waals surface area contributed by atoms with Gasteiger partial charge < -0.3 is 0 Å². The maximum absolute atomic E-state index is 12.0. The van der Waals surface area contributed by atoms with Crippen molar-refractivity contribution in [3.8, 4) is 6.07 Å². The van der Waals surface area contributed by atoms with Crippen LogP contribution in [0.15, 0.2) is 23.9 Å². The zero-order valence-electron chi connectivity index (χ0n) is 9.99. The Bertz CT molecular complexity index is 507. The molecule has 1 rings (SSSR count). The van der Waals surface area contributed by atoms with Crippen LogP contribution in [-0.4, -0.2) is 10.8 Å². The van der Waals surface area contributed by atoms with Crippen LogP contribution in [0.4, 0.5) is 0 Å². The Morgan fingerprint density at radius 1 is 1.53 bits per heavy atom. The number of carbonyl (C=O) groups is 1. The van der Waals surface area contributed by atoms with Crippen LogP contribution < -0.4 is 0 Å². The van der Waals surface area contributed by atoms with E-state index in [1.165, 1.54) is 6.08 Å². The number of Topliss-reactive ketones (excluding diaryl/α,β-unsaturated/α-hetero) is 1. The highest BCUT2D eigenvalue weighted by Gasteiger charge is 2.25. The molecule has 0 N–H and O–H groups in total. The summed E-state index contributed by atoms with van der Waals surface area (Å²) in [5, 5.41) is 9.29. The third-order valence-corrected chi connectivity index (χ3v) is 2.45. The lowest BCUT2D eigenvalue weighted by atomic mass is 9.86. The van der Waals surface area contributed by atoms with Gasteiger partial charge in [-0.25, -0.2) is 4.98 Å². The van der Waals surface area contributed by atoms with E-state index in [9.17, 15) is 4.79 Å². The van der Waals surface area contributed by atoms with Crippen molar-refractivity contribution in [3.05, 3.63) is 34.6 Å². The number of nitriles is 1. The number of ketones is 1. The normalized spacial score (nSPS) is 12.1. The van der Waals surface area contributed by atoms with Crippen LogP contribution in [0.5, 0.6) is 0 Å². The van der Waals surface area contributed by atoms with Gasteiger partial charge in [-0.1, -0.05) is 38.4 Å². The summed E-state index contributed by atoms with van der Waals surface area (Å²) < 4.78 is 0. The van der Waals surface area contributed by atoms with E-state index >= 15 is 0 Å². The largest absolute Gasteiger partial charge is 0.293 e. The predicted molar refractivity (Wildman–Crippen MR) is 67.3 cm³/mol. The van der Waals surface area contributed by atoms with E-state index < -0.39 is 5.41 Å². The molecule has 0 fully saturated rings. The first-order valence-electron chi connectivity index (χ1n) is 5.13. The molecule has 0 saturated heterocycles. The smallest absolute Gasteiger partial charge is 0.178 e. The van der Waals surface area contributed by atoms with Crippen LogP contribution in [0, 0.1) is 16.7 Å². The molecule has 0 atom stereocenters. The molecule has 0 aliphatic carbocycles. The first kappa shape index (κ1) is 13.4. The Morgan fingerprint density at radius 3 is 2.65 bits per heavy atom. The van der Waals surface area contributed by atoms with Gasteiger partial charge in [-0.15, -0.1) is 0 Å². The third kappa shape index (κ3) is 3.40. The molecule has 0 amide bonds. The van der Waals surface area contributed by atoms with Gasteiger partial charge in [0.2, 0.25) is 0 Å². The molecule has 0 aromatic carbocycles. The van der Waals surface area contributed by atoms with Crippen molar-refractivity contribution in [1.82, 2.24) is 4.98 Å². The second-order valence-electron chi connectivity index (χ2n) is 4.63. The number of pyridine rings is 1. The van der Waals surface area contributed by atoms with Gasteiger partial charge >= 0.3 is 0 Å². The standard InChI is InChI=1S/C13H13ClN2O/c1-13(2,3)11(17)10(8-15)7-9-5-4-6-16-12(9)14/h4-7H,1-3H3. The number of halogens is 1. The SMILES string of the molecule is CC(C)(C)C(=O)C(C#N)=Cc1cccnc1Cl. The van der Waals surface area contributed by atoms with Crippen molar-refractivity contribution in [2.75, 3.05) is 0 Å². The average Bonchev–Trinajstić information content (AvgIpc) is 2.26. The van der Waals surface area contributed by atoms with Crippen molar-refractivity contribution in [1.29, 1.82) is 5.26 Å². The number of allylic oxidation sites excluding steroid dienone is 1. The van der Waals surface area contributed by atoms with Crippen molar-refractivity contribution in [2.24, 2.45) is 5.41 Å². The van der Waals surface area contributed by atoms with E-state index in [1.54, 1.807) is 39.1 Å². The van der Waals surface area contributed by atoms with Gasteiger partial charge in [-0.05, 0) is 12.1 Å². The molecule has 0 unspecified atom stereocenters. The predicted octanol–water partition coefficient (Wildman–Crippen LogP) is 3.26. The summed E-state index contributed by atoms with van der Waals surface area (Å²) in [5.74, 6) is -0.208. The van der Waals surface area contributed by atoms with E-state index in [1.807, 2.05) is 6.07 Å². The molecule has 0 bridgehead atoms. The van der Waals surface area contributed by atoms with Gasteiger partial charge in [0.15, 0.2) is 5.78 Å². The average molecular weight is 249 g/mol. The molecular formula is C13H13ClN2O. The summed E-state index contributed by atoms with van der Waals surface area (Å²) >= 11 is 5.87. The monoisotopic (exact) mass is 248 g/mol. The second kappa shape index (κ2) is 5.11. The number of hydrogen-bond donors (Lipinski definition) is 0. The minimum absolute atomic E-state index is 0.0902. The van der Waals surface area contributed by atoms with Crippen molar-refractivity contribution in [2.45, 2.75) is 20.8 Å². The number of nitrogens with zero attached hydrogens (tertiary/aromatic N) is 2. The van der Waals surface area contributed by atoms with E-state index in [4.69, 9.17) is 16.9 Å². The summed E-state index contributed by atoms with van der Waals surface area (Å²) in [5.41, 5.74) is 0.0756. The molecule has 0 aliphatic heterocycles. The van der Waals surface area contributed by atoms with Gasteiger partial charge in [-0.3, -0.25) is 4.79 Å². The van der Waals surface area contributed by atoms with E-state index in [-0.39, 0.29) is 16.5 Å². The van der Waals surface area contributed by atoms with Crippen LogP contribution >= 0.6 is 11.6 Å². The fourth-order valence-electron chi connectivity index (χ4n) is 1.21. The van der Waals surface area contributed by atoms with Gasteiger partial charge in [-0.2, -0.15) is 5.26 Å². The molecule has 0 aliphatic rings. The van der Waals surface area contributed by atoms with E-state index in [0.29, 0.717) is 5.56 Å². The molecule has 1 heterocycles. The molecular weight excluding hydrogens is 236 g/mol. The van der Waals surface area contributed by atoms with Crippen LogP contribution in [0.1, 0.15) is 26.3 Å². The van der Waals surface area contributed by atoms with E-state index in [0.717, 1.165) is 0 Å². The van der Waals surface area contributed by atoms with Crippen molar-refractivity contribution >= 4 is 23.5 Å². The minimum atomic E-state index is -0.587. The van der Waals surface area contributed by atoms with Gasteiger partial charge in [0.1, 0.15) is 11.2 Å². The molecule has 3 nitrogen and oxygen atoms in total. The lowest BCUT2D eigenvalue weighted by molar-refractivity contribution is -0.121. The second-order valence-corrected chi connectivity index (χ2v) is 4.99. The molecule has 0 saturated carbocycles. The zero-order chi connectivity index (χ0) is 13.1. The molecule has 0 radical (unpaired) electrons. The fraction of sp³-hybridized carbons (Fsp3) is 0.308. The van der Waals surface area contributed by atoms with Gasteiger partial charge in [0, 0.05) is 17.2 Å². The summed E-state index contributed by atoms with van der Waals surface area (Å²) in [7, 11) is 0. The maximum atomic E-state index is 12.0. The Labute approximate surface area is 106 Å². The zero-order valence-corrected chi connectivity index (χ0v) is 10.7. The van der Waals surface area contributed by atoms with Crippen LogP contribution in [0.3, 0.4) is 0 Å². The van der Waals surface area contributed by atoms with Crippen LogP contribution in [-0.2, 0) is 4.79 Å². The highest BCUT2D eigenvalue weighted by atomic mass is 35.5. The fourth-order valence-corrected chi connectivity index (χ4v) is 1.39. The van der Waals surface area contributed by atoms with Crippen molar-refractivity contribution in [3.63, 3.8) is 0 Å². The molecule has 0 spiro atoms. The lowest BCUT2D eigenvalue weighted by Crippen LogP contribution is -2.21. The third-order valence-electron chi connectivity index (χ3n) is 2.13. The van der Waals surface area contributed by atoms with Crippen LogP contribution in [0.2, 0.25) is 5.15 Å². The molecule has 1 aromatic rings.